The van der Waals surface area contributed by atoms with Crippen LogP contribution in [0.5, 0.6) is 0 Å². The summed E-state index contributed by atoms with van der Waals surface area (Å²) in [6, 6.07) is 63.4. The quantitative estimate of drug-likeness (QED) is 0.169. The molecular formula is C50H29N5. The molecule has 0 aliphatic heterocycles. The van der Waals surface area contributed by atoms with Crippen molar-refractivity contribution in [1.82, 2.24) is 13.7 Å². The van der Waals surface area contributed by atoms with Crippen LogP contribution in [0, 0.1) is 17.9 Å². The third kappa shape index (κ3) is 4.27. The van der Waals surface area contributed by atoms with E-state index in [1.54, 1.807) is 0 Å². The molecule has 11 aromatic rings. The molecule has 0 saturated carbocycles. The Morgan fingerprint density at radius 3 is 1.45 bits per heavy atom. The number of hydrogen-bond acceptors (Lipinski definition) is 1. The van der Waals surface area contributed by atoms with Crippen LogP contribution >= 0.6 is 0 Å². The summed E-state index contributed by atoms with van der Waals surface area (Å²) in [4.78, 5) is 4.18. The molecule has 0 aliphatic rings. The molecule has 55 heavy (non-hydrogen) atoms. The van der Waals surface area contributed by atoms with E-state index < -0.39 is 0 Å². The van der Waals surface area contributed by atoms with E-state index in [0.29, 0.717) is 11.3 Å². The number of nitriles is 1. The van der Waals surface area contributed by atoms with Crippen molar-refractivity contribution in [2.24, 2.45) is 0 Å². The fraction of sp³-hybridized carbons (Fsp3) is 0. The van der Waals surface area contributed by atoms with Crippen LogP contribution in [-0.2, 0) is 0 Å². The summed E-state index contributed by atoms with van der Waals surface area (Å²) >= 11 is 0. The highest BCUT2D eigenvalue weighted by Gasteiger charge is 2.25. The molecule has 0 atom stereocenters. The number of aromatic nitrogens is 3. The Kier molecular flexibility index (Phi) is 6.61. The van der Waals surface area contributed by atoms with E-state index >= 15 is 0 Å². The minimum atomic E-state index is 0.548. The first kappa shape index (κ1) is 30.7. The van der Waals surface area contributed by atoms with Gasteiger partial charge in [0.25, 0.3) is 0 Å². The van der Waals surface area contributed by atoms with Gasteiger partial charge in [-0.05, 0) is 54.1 Å². The SMILES string of the molecule is [C-]#[N+]c1cccc(-n2c3ccccc3c3cccc(-n4c5ccccc5c5ccccc54)c32)c1-c1ccccc1-n1c2ccccc2c2cccc(C#N)c21. The molecule has 0 radical (unpaired) electrons. The van der Waals surface area contributed by atoms with Crippen molar-refractivity contribution in [2.45, 2.75) is 0 Å². The first-order chi connectivity index (χ1) is 27.3. The number of benzene rings is 8. The van der Waals surface area contributed by atoms with Gasteiger partial charge >= 0.3 is 0 Å². The maximum absolute atomic E-state index is 10.4. The monoisotopic (exact) mass is 699 g/mol. The summed E-state index contributed by atoms with van der Waals surface area (Å²) in [5.74, 6) is 0. The maximum atomic E-state index is 10.4. The van der Waals surface area contributed by atoms with Crippen LogP contribution in [0.1, 0.15) is 5.56 Å². The van der Waals surface area contributed by atoms with Gasteiger partial charge in [-0.25, -0.2) is 4.85 Å². The minimum Gasteiger partial charge on any atom is -0.308 e. The summed E-state index contributed by atoms with van der Waals surface area (Å²) in [7, 11) is 0. The Labute approximate surface area is 316 Å². The topological polar surface area (TPSA) is 42.9 Å². The van der Waals surface area contributed by atoms with Crippen molar-refractivity contribution < 1.29 is 0 Å². The summed E-state index contributed by atoms with van der Waals surface area (Å²) in [6.07, 6.45) is 0. The molecule has 0 aliphatic carbocycles. The largest absolute Gasteiger partial charge is 0.308 e. The summed E-state index contributed by atoms with van der Waals surface area (Å²) in [5.41, 5.74) is 12.0. The molecule has 0 amide bonds. The summed E-state index contributed by atoms with van der Waals surface area (Å²) < 4.78 is 6.95. The van der Waals surface area contributed by atoms with Crippen LogP contribution in [0.4, 0.5) is 5.69 Å². The fourth-order valence-electron chi connectivity index (χ4n) is 8.94. The summed E-state index contributed by atoms with van der Waals surface area (Å²) in [6.45, 7) is 8.55. The van der Waals surface area contributed by atoms with Gasteiger partial charge in [0.2, 0.25) is 0 Å². The van der Waals surface area contributed by atoms with Gasteiger partial charge in [0.15, 0.2) is 5.69 Å². The highest BCUT2D eigenvalue weighted by molar-refractivity contribution is 6.16. The highest BCUT2D eigenvalue weighted by atomic mass is 15.1. The molecule has 0 saturated heterocycles. The number of nitrogens with zero attached hydrogens (tertiary/aromatic N) is 5. The van der Waals surface area contributed by atoms with Crippen LogP contribution in [0.15, 0.2) is 176 Å². The molecular weight excluding hydrogens is 671 g/mol. The molecule has 8 aromatic carbocycles. The molecule has 3 aromatic heterocycles. The Balaban J connectivity index is 1.29. The molecule has 0 spiro atoms. The fourth-order valence-corrected chi connectivity index (χ4v) is 8.94. The van der Waals surface area contributed by atoms with Gasteiger partial charge in [0.05, 0.1) is 56.6 Å². The van der Waals surface area contributed by atoms with Crippen LogP contribution in [0.25, 0.3) is 98.5 Å². The van der Waals surface area contributed by atoms with Gasteiger partial charge < -0.3 is 13.7 Å². The first-order valence-electron chi connectivity index (χ1n) is 18.3. The van der Waals surface area contributed by atoms with E-state index in [2.05, 4.69) is 152 Å². The second-order valence-electron chi connectivity index (χ2n) is 13.9. The molecule has 3 heterocycles. The average Bonchev–Trinajstić information content (AvgIpc) is 3.89. The third-order valence-corrected chi connectivity index (χ3v) is 11.1. The van der Waals surface area contributed by atoms with Crippen LogP contribution < -0.4 is 0 Å². The van der Waals surface area contributed by atoms with E-state index in [-0.39, 0.29) is 0 Å². The lowest BCUT2D eigenvalue weighted by Crippen LogP contribution is -2.04. The Morgan fingerprint density at radius 1 is 0.400 bits per heavy atom. The van der Waals surface area contributed by atoms with Gasteiger partial charge in [-0.1, -0.05) is 127 Å². The van der Waals surface area contributed by atoms with E-state index in [1.165, 1.54) is 10.8 Å². The first-order valence-corrected chi connectivity index (χ1v) is 18.3. The number of para-hydroxylation sites is 7. The van der Waals surface area contributed by atoms with Gasteiger partial charge in [-0.2, -0.15) is 5.26 Å². The Hall–Kier alpha value is -7.86. The lowest BCUT2D eigenvalue weighted by Gasteiger charge is -2.21. The average molecular weight is 700 g/mol. The molecule has 0 bridgehead atoms. The predicted molar refractivity (Wildman–Crippen MR) is 226 cm³/mol. The van der Waals surface area contributed by atoms with Crippen molar-refractivity contribution in [2.75, 3.05) is 0 Å². The zero-order chi connectivity index (χ0) is 36.6. The predicted octanol–water partition coefficient (Wildman–Crippen LogP) is 13.1. The van der Waals surface area contributed by atoms with E-state index in [0.717, 1.165) is 82.8 Å². The van der Waals surface area contributed by atoms with Crippen molar-refractivity contribution in [3.63, 3.8) is 0 Å². The molecule has 254 valence electrons. The lowest BCUT2D eigenvalue weighted by molar-refractivity contribution is 1.13. The van der Waals surface area contributed by atoms with Crippen molar-refractivity contribution in [3.8, 4) is 34.3 Å². The van der Waals surface area contributed by atoms with Crippen LogP contribution in [-0.4, -0.2) is 13.7 Å². The van der Waals surface area contributed by atoms with Crippen molar-refractivity contribution >= 4 is 71.1 Å². The van der Waals surface area contributed by atoms with E-state index in [1.807, 2.05) is 48.5 Å². The van der Waals surface area contributed by atoms with Crippen LogP contribution in [0.2, 0.25) is 0 Å². The number of hydrogen-bond donors (Lipinski definition) is 0. The second kappa shape index (κ2) is 11.8. The standard InChI is InChI=1S/C50H29N5/c1-52-40-23-14-29-46(48(40)39-20-6-11-28-45(39)54-43-26-9-4-18-35(43)37-21-12-15-32(31-51)49(37)54)55-44-27-10-5-19-36(44)38-22-13-30-47(50(38)55)53-41-24-7-2-16-33(41)34-17-3-8-25-42(34)53/h2-30H. The van der Waals surface area contributed by atoms with E-state index in [9.17, 15) is 5.26 Å². The zero-order valence-electron chi connectivity index (χ0n) is 29.5. The Morgan fingerprint density at radius 2 is 0.836 bits per heavy atom. The molecule has 0 unspecified atom stereocenters. The van der Waals surface area contributed by atoms with Gasteiger partial charge in [-0.3, -0.25) is 0 Å². The highest BCUT2D eigenvalue weighted by Crippen LogP contribution is 2.46. The van der Waals surface area contributed by atoms with Gasteiger partial charge in [0.1, 0.15) is 6.07 Å². The van der Waals surface area contributed by atoms with Crippen molar-refractivity contribution in [3.05, 3.63) is 193 Å². The number of fused-ring (bicyclic) bond motifs is 9. The maximum Gasteiger partial charge on any atom is 0.197 e. The summed E-state index contributed by atoms with van der Waals surface area (Å²) in [5, 5.41) is 17.1. The van der Waals surface area contributed by atoms with Crippen LogP contribution in [0.3, 0.4) is 0 Å². The molecule has 5 nitrogen and oxygen atoms in total. The van der Waals surface area contributed by atoms with Gasteiger partial charge in [-0.15, -0.1) is 0 Å². The molecule has 0 fully saturated rings. The second-order valence-corrected chi connectivity index (χ2v) is 13.9. The third-order valence-electron chi connectivity index (χ3n) is 11.1. The van der Waals surface area contributed by atoms with Crippen molar-refractivity contribution in [1.29, 1.82) is 5.26 Å². The lowest BCUT2D eigenvalue weighted by atomic mass is 9.98. The number of rotatable bonds is 4. The van der Waals surface area contributed by atoms with Gasteiger partial charge in [0, 0.05) is 43.6 Å². The molecule has 11 rings (SSSR count). The Bertz CT molecular complexity index is 3420. The molecule has 0 N–H and O–H groups in total. The zero-order valence-corrected chi connectivity index (χ0v) is 29.5. The molecule has 5 heteroatoms. The smallest absolute Gasteiger partial charge is 0.197 e. The van der Waals surface area contributed by atoms with E-state index in [4.69, 9.17) is 6.57 Å². The normalized spacial score (nSPS) is 11.6. The minimum absolute atomic E-state index is 0.548.